The lowest BCUT2D eigenvalue weighted by molar-refractivity contribution is -0.112. The molecule has 14 heavy (non-hydrogen) atoms. The number of hydrogen-bond acceptors (Lipinski definition) is 1. The Hall–Kier alpha value is -1.37. The largest absolute Gasteiger partial charge is 0.295 e. The van der Waals surface area contributed by atoms with Crippen LogP contribution in [-0.2, 0) is 11.2 Å². The first-order chi connectivity index (χ1) is 6.68. The average molecular weight is 188 g/mol. The van der Waals surface area contributed by atoms with E-state index in [2.05, 4.69) is 12.1 Å². The van der Waals surface area contributed by atoms with E-state index in [0.717, 1.165) is 18.4 Å². The van der Waals surface area contributed by atoms with Crippen LogP contribution in [-0.4, -0.2) is 5.78 Å². The summed E-state index contributed by atoms with van der Waals surface area (Å²) in [4.78, 5) is 10.8. The number of benzene rings is 1. The molecule has 1 nitrogen and oxygen atoms in total. The third kappa shape index (κ3) is 4.04. The third-order valence-corrected chi connectivity index (χ3v) is 2.10. The molecule has 0 aliphatic rings. The van der Waals surface area contributed by atoms with Gasteiger partial charge in [0.1, 0.15) is 0 Å². The second kappa shape index (κ2) is 5.38. The summed E-state index contributed by atoms with van der Waals surface area (Å²) < 4.78 is 0. The number of hydrogen-bond donors (Lipinski definition) is 0. The molecule has 0 aliphatic heterocycles. The van der Waals surface area contributed by atoms with E-state index in [4.69, 9.17) is 0 Å². The summed E-state index contributed by atoms with van der Waals surface area (Å²) in [6, 6.07) is 10.3. The molecule has 0 amide bonds. The van der Waals surface area contributed by atoms with Crippen molar-refractivity contribution < 1.29 is 4.79 Å². The maximum atomic E-state index is 10.8. The van der Waals surface area contributed by atoms with Gasteiger partial charge in [-0.2, -0.15) is 0 Å². The minimum atomic E-state index is 0.135. The summed E-state index contributed by atoms with van der Waals surface area (Å²) >= 11 is 0. The predicted octanol–water partition coefficient (Wildman–Crippen LogP) is 3.15. The van der Waals surface area contributed by atoms with Gasteiger partial charge in [0, 0.05) is 0 Å². The predicted molar refractivity (Wildman–Crippen MR) is 59.2 cm³/mol. The van der Waals surface area contributed by atoms with Gasteiger partial charge in [0.15, 0.2) is 5.78 Å². The highest BCUT2D eigenvalue weighted by Gasteiger charge is 1.94. The first kappa shape index (κ1) is 10.7. The molecule has 1 aromatic carbocycles. The van der Waals surface area contributed by atoms with Crippen molar-refractivity contribution in [1.29, 1.82) is 0 Å². The van der Waals surface area contributed by atoms with Crippen LogP contribution >= 0.6 is 0 Å². The fourth-order valence-electron chi connectivity index (χ4n) is 1.41. The van der Waals surface area contributed by atoms with Crippen molar-refractivity contribution in [2.24, 2.45) is 0 Å². The van der Waals surface area contributed by atoms with Gasteiger partial charge in [-0.05, 0) is 38.3 Å². The number of aryl methyl sites for hydroxylation is 1. The summed E-state index contributed by atoms with van der Waals surface area (Å²) in [6.45, 7) is 3.59. The van der Waals surface area contributed by atoms with Gasteiger partial charge in [0.2, 0.25) is 0 Å². The van der Waals surface area contributed by atoms with E-state index in [0.29, 0.717) is 0 Å². The van der Waals surface area contributed by atoms with E-state index in [1.54, 1.807) is 13.0 Å². The molecule has 1 heteroatoms. The van der Waals surface area contributed by atoms with Crippen LogP contribution in [0.15, 0.2) is 42.0 Å². The number of carbonyl (C=O) groups is 1. The maximum absolute atomic E-state index is 10.8. The van der Waals surface area contributed by atoms with Gasteiger partial charge in [-0.15, -0.1) is 0 Å². The summed E-state index contributed by atoms with van der Waals surface area (Å²) in [6.07, 6.45) is 3.68. The third-order valence-electron chi connectivity index (χ3n) is 2.10. The Balaban J connectivity index is 2.45. The molecule has 0 unspecified atom stereocenters. The smallest absolute Gasteiger partial charge is 0.152 e. The van der Waals surface area contributed by atoms with Crippen LogP contribution in [0.1, 0.15) is 25.8 Å². The van der Waals surface area contributed by atoms with Crippen molar-refractivity contribution in [3.63, 3.8) is 0 Å². The van der Waals surface area contributed by atoms with Gasteiger partial charge >= 0.3 is 0 Å². The van der Waals surface area contributed by atoms with E-state index in [-0.39, 0.29) is 5.78 Å². The number of ketones is 1. The first-order valence-electron chi connectivity index (χ1n) is 4.90. The normalized spacial score (nSPS) is 11.4. The molecular formula is C13H16O. The second-order valence-electron chi connectivity index (χ2n) is 3.59. The van der Waals surface area contributed by atoms with Gasteiger partial charge in [-0.25, -0.2) is 0 Å². The molecule has 0 saturated carbocycles. The lowest BCUT2D eigenvalue weighted by Gasteiger charge is -2.00. The van der Waals surface area contributed by atoms with Crippen LogP contribution in [0.25, 0.3) is 0 Å². The van der Waals surface area contributed by atoms with E-state index >= 15 is 0 Å². The van der Waals surface area contributed by atoms with Crippen molar-refractivity contribution in [3.05, 3.63) is 47.5 Å². The van der Waals surface area contributed by atoms with Gasteiger partial charge in [0.05, 0.1) is 0 Å². The SMILES string of the molecule is CC(=O)/C=C(\C)CCc1ccccc1. The van der Waals surface area contributed by atoms with Crippen LogP contribution < -0.4 is 0 Å². The highest BCUT2D eigenvalue weighted by atomic mass is 16.1. The minimum Gasteiger partial charge on any atom is -0.295 e. The molecule has 0 N–H and O–H groups in total. The Kier molecular flexibility index (Phi) is 4.11. The van der Waals surface area contributed by atoms with Crippen molar-refractivity contribution in [2.75, 3.05) is 0 Å². The highest BCUT2D eigenvalue weighted by Crippen LogP contribution is 2.08. The summed E-state index contributed by atoms with van der Waals surface area (Å²) in [7, 11) is 0. The topological polar surface area (TPSA) is 17.1 Å². The lowest BCUT2D eigenvalue weighted by Crippen LogP contribution is -1.89. The van der Waals surface area contributed by atoms with E-state index in [1.165, 1.54) is 5.56 Å². The van der Waals surface area contributed by atoms with Crippen LogP contribution in [0.3, 0.4) is 0 Å². The second-order valence-corrected chi connectivity index (χ2v) is 3.59. The summed E-state index contributed by atoms with van der Waals surface area (Å²) in [5, 5.41) is 0. The van der Waals surface area contributed by atoms with E-state index < -0.39 is 0 Å². The Labute approximate surface area is 85.5 Å². The molecule has 0 saturated heterocycles. The van der Waals surface area contributed by atoms with Crippen LogP contribution in [0.5, 0.6) is 0 Å². The molecule has 0 aromatic heterocycles. The number of rotatable bonds is 4. The van der Waals surface area contributed by atoms with Gasteiger partial charge in [0.25, 0.3) is 0 Å². The molecule has 1 aromatic rings. The molecule has 0 fully saturated rings. The lowest BCUT2D eigenvalue weighted by atomic mass is 10.1. The molecule has 0 heterocycles. The monoisotopic (exact) mass is 188 g/mol. The number of allylic oxidation sites excluding steroid dienone is 2. The Morgan fingerprint density at radius 1 is 1.21 bits per heavy atom. The molecular weight excluding hydrogens is 172 g/mol. The Morgan fingerprint density at radius 3 is 2.43 bits per heavy atom. The molecule has 1 rings (SSSR count). The van der Waals surface area contributed by atoms with Gasteiger partial charge in [-0.1, -0.05) is 35.9 Å². The van der Waals surface area contributed by atoms with Crippen molar-refractivity contribution >= 4 is 5.78 Å². The fraction of sp³-hybridized carbons (Fsp3) is 0.308. The highest BCUT2D eigenvalue weighted by molar-refractivity contribution is 5.87. The van der Waals surface area contributed by atoms with E-state index in [9.17, 15) is 4.79 Å². The quantitative estimate of drug-likeness (QED) is 0.663. The van der Waals surface area contributed by atoms with Crippen LogP contribution in [0.4, 0.5) is 0 Å². The molecule has 0 atom stereocenters. The van der Waals surface area contributed by atoms with Crippen molar-refractivity contribution in [2.45, 2.75) is 26.7 Å². The molecule has 0 aliphatic carbocycles. The molecule has 0 radical (unpaired) electrons. The zero-order valence-electron chi connectivity index (χ0n) is 8.79. The Bertz CT molecular complexity index is 322. The first-order valence-corrected chi connectivity index (χ1v) is 4.90. The van der Waals surface area contributed by atoms with Crippen molar-refractivity contribution in [1.82, 2.24) is 0 Å². The van der Waals surface area contributed by atoms with Gasteiger partial charge < -0.3 is 0 Å². The molecule has 74 valence electrons. The minimum absolute atomic E-state index is 0.135. The van der Waals surface area contributed by atoms with Gasteiger partial charge in [-0.3, -0.25) is 4.79 Å². The number of carbonyl (C=O) groups excluding carboxylic acids is 1. The fourth-order valence-corrected chi connectivity index (χ4v) is 1.41. The van der Waals surface area contributed by atoms with Crippen LogP contribution in [0.2, 0.25) is 0 Å². The average Bonchev–Trinajstić information content (AvgIpc) is 2.15. The summed E-state index contributed by atoms with van der Waals surface area (Å²) in [5.41, 5.74) is 2.48. The van der Waals surface area contributed by atoms with Crippen molar-refractivity contribution in [3.8, 4) is 0 Å². The Morgan fingerprint density at radius 2 is 1.86 bits per heavy atom. The maximum Gasteiger partial charge on any atom is 0.152 e. The zero-order valence-corrected chi connectivity index (χ0v) is 8.79. The standard InChI is InChI=1S/C13H16O/c1-11(10-12(2)14)8-9-13-6-4-3-5-7-13/h3-7,10H,8-9H2,1-2H3/b11-10+. The molecule has 0 bridgehead atoms. The van der Waals surface area contributed by atoms with Crippen LogP contribution in [0, 0.1) is 0 Å². The summed E-state index contributed by atoms with van der Waals surface area (Å²) in [5.74, 6) is 0.135. The molecule has 0 spiro atoms. The van der Waals surface area contributed by atoms with E-state index in [1.807, 2.05) is 25.1 Å². The zero-order chi connectivity index (χ0) is 10.4.